The van der Waals surface area contributed by atoms with Crippen LogP contribution in [0.25, 0.3) is 5.69 Å². The fraction of sp³-hybridized carbons (Fsp3) is 0.400. The van der Waals surface area contributed by atoms with E-state index in [0.29, 0.717) is 18.8 Å². The van der Waals surface area contributed by atoms with Gasteiger partial charge >= 0.3 is 0 Å². The zero-order chi connectivity index (χ0) is 19.7. The van der Waals surface area contributed by atoms with Crippen molar-refractivity contribution in [3.63, 3.8) is 0 Å². The largest absolute Gasteiger partial charge is 0.336 e. The van der Waals surface area contributed by atoms with E-state index in [-0.39, 0.29) is 30.8 Å². The van der Waals surface area contributed by atoms with Crippen LogP contribution in [0.15, 0.2) is 36.7 Å². The number of halogens is 1. The number of carbonyl (C=O) groups excluding carboxylic acids is 1. The molecule has 1 fully saturated rings. The number of imidazole rings is 1. The van der Waals surface area contributed by atoms with Crippen molar-refractivity contribution < 1.29 is 4.79 Å². The van der Waals surface area contributed by atoms with E-state index in [0.717, 1.165) is 23.8 Å². The normalized spacial score (nSPS) is 16.5. The molecule has 1 aromatic carbocycles. The summed E-state index contributed by atoms with van der Waals surface area (Å²) in [5.41, 5.74) is 3.74. The van der Waals surface area contributed by atoms with Crippen LogP contribution in [0.3, 0.4) is 0 Å². The minimum atomic E-state index is -0.0753. The molecule has 3 heterocycles. The Bertz CT molecular complexity index is 979. The monoisotopic (exact) mass is 415 g/mol. The van der Waals surface area contributed by atoms with Crippen LogP contribution in [0.4, 0.5) is 0 Å². The first-order chi connectivity index (χ1) is 13.5. The van der Waals surface area contributed by atoms with Crippen LogP contribution < -0.4 is 5.32 Å². The molecule has 0 radical (unpaired) electrons. The van der Waals surface area contributed by atoms with Gasteiger partial charge in [0, 0.05) is 39.1 Å². The van der Waals surface area contributed by atoms with Gasteiger partial charge < -0.3 is 14.8 Å². The van der Waals surface area contributed by atoms with E-state index < -0.39 is 0 Å². The number of carbonyl (C=O) groups is 1. The highest BCUT2D eigenvalue weighted by Crippen LogP contribution is 2.22. The van der Waals surface area contributed by atoms with E-state index >= 15 is 0 Å². The van der Waals surface area contributed by atoms with Gasteiger partial charge in [0.1, 0.15) is 11.9 Å². The Morgan fingerprint density at radius 1 is 1.24 bits per heavy atom. The molecule has 1 amide bonds. The summed E-state index contributed by atoms with van der Waals surface area (Å²) in [5.74, 6) is 0.939. The Labute approximate surface area is 176 Å². The Kier molecular flexibility index (Phi) is 6.34. The molecule has 0 spiro atoms. The first-order valence-corrected chi connectivity index (χ1v) is 9.50. The molecule has 1 saturated heterocycles. The first-order valence-electron chi connectivity index (χ1n) is 9.50. The highest BCUT2D eigenvalue weighted by Gasteiger charge is 2.31. The number of hydrogen-bond acceptors (Lipinski definition) is 5. The van der Waals surface area contributed by atoms with Crippen molar-refractivity contribution >= 4 is 18.3 Å². The van der Waals surface area contributed by atoms with Crippen molar-refractivity contribution in [2.45, 2.75) is 26.3 Å². The number of nitrogens with zero attached hydrogens (tertiary/aromatic N) is 6. The maximum atomic E-state index is 13.1. The molecule has 2 aromatic heterocycles. The molecule has 1 aliphatic rings. The van der Waals surface area contributed by atoms with Crippen LogP contribution in [0.2, 0.25) is 0 Å². The van der Waals surface area contributed by atoms with Crippen molar-refractivity contribution in [1.29, 1.82) is 0 Å². The van der Waals surface area contributed by atoms with Gasteiger partial charge in [0.05, 0.1) is 23.5 Å². The molecule has 1 unspecified atom stereocenters. The topological polar surface area (TPSA) is 80.9 Å². The second-order valence-electron chi connectivity index (χ2n) is 7.25. The molecular formula is C20H26ClN7O. The van der Waals surface area contributed by atoms with E-state index in [2.05, 4.69) is 20.6 Å². The summed E-state index contributed by atoms with van der Waals surface area (Å²) in [7, 11) is 1.96. The molecule has 4 rings (SSSR count). The average Bonchev–Trinajstić information content (AvgIpc) is 3.28. The Hall–Kier alpha value is -2.71. The molecule has 9 heteroatoms. The van der Waals surface area contributed by atoms with Gasteiger partial charge in [-0.3, -0.25) is 4.79 Å². The number of rotatable bonds is 4. The van der Waals surface area contributed by atoms with Gasteiger partial charge in [-0.15, -0.1) is 17.5 Å². The molecule has 1 N–H and O–H groups in total. The number of hydrogen-bond donors (Lipinski definition) is 1. The van der Waals surface area contributed by atoms with Gasteiger partial charge in [0.25, 0.3) is 0 Å². The quantitative estimate of drug-likeness (QED) is 0.702. The lowest BCUT2D eigenvalue weighted by molar-refractivity contribution is -0.134. The van der Waals surface area contributed by atoms with Gasteiger partial charge in [-0.1, -0.05) is 22.9 Å². The maximum absolute atomic E-state index is 13.1. The van der Waals surface area contributed by atoms with Crippen molar-refractivity contribution in [3.8, 4) is 5.69 Å². The number of aryl methyl sites for hydroxylation is 2. The first kappa shape index (κ1) is 21.0. The number of benzene rings is 1. The molecule has 0 saturated carbocycles. The number of piperazine rings is 1. The Morgan fingerprint density at radius 3 is 2.69 bits per heavy atom. The molecule has 8 nitrogen and oxygen atoms in total. The molecule has 0 bridgehead atoms. The third-order valence-corrected chi connectivity index (χ3v) is 5.31. The average molecular weight is 416 g/mol. The predicted octanol–water partition coefficient (Wildman–Crippen LogP) is 1.76. The van der Waals surface area contributed by atoms with Crippen molar-refractivity contribution in [3.05, 3.63) is 59.4 Å². The van der Waals surface area contributed by atoms with Crippen molar-refractivity contribution in [2.24, 2.45) is 7.05 Å². The van der Waals surface area contributed by atoms with Crippen LogP contribution in [-0.4, -0.2) is 55.0 Å². The molecule has 1 aliphatic heterocycles. The molecule has 0 aliphatic carbocycles. The SMILES string of the molecule is Cc1ccc(-n2nnc(CC(=O)N3CCNCC3c3nccn3C)c2C)cc1.Cl. The minimum absolute atomic E-state index is 0. The van der Waals surface area contributed by atoms with Crippen LogP contribution in [0, 0.1) is 13.8 Å². The third kappa shape index (κ3) is 4.18. The highest BCUT2D eigenvalue weighted by atomic mass is 35.5. The molecule has 1 atom stereocenters. The summed E-state index contributed by atoms with van der Waals surface area (Å²) in [6.45, 7) is 6.14. The fourth-order valence-electron chi connectivity index (χ4n) is 3.63. The summed E-state index contributed by atoms with van der Waals surface area (Å²) in [6, 6.07) is 8.03. The van der Waals surface area contributed by atoms with Crippen molar-refractivity contribution in [1.82, 2.24) is 34.8 Å². The lowest BCUT2D eigenvalue weighted by Gasteiger charge is -2.35. The zero-order valence-corrected chi connectivity index (χ0v) is 17.7. The number of amides is 1. The molecule has 29 heavy (non-hydrogen) atoms. The Balaban J connectivity index is 0.00000240. The van der Waals surface area contributed by atoms with Gasteiger partial charge in [-0.2, -0.15) is 0 Å². The summed E-state index contributed by atoms with van der Waals surface area (Å²) in [6.07, 6.45) is 3.91. The van der Waals surface area contributed by atoms with E-state index in [9.17, 15) is 4.79 Å². The molecular weight excluding hydrogens is 390 g/mol. The third-order valence-electron chi connectivity index (χ3n) is 5.31. The fourth-order valence-corrected chi connectivity index (χ4v) is 3.63. The summed E-state index contributed by atoms with van der Waals surface area (Å²) in [5, 5.41) is 11.9. The number of aromatic nitrogens is 5. The summed E-state index contributed by atoms with van der Waals surface area (Å²) < 4.78 is 3.76. The molecule has 3 aromatic rings. The lowest BCUT2D eigenvalue weighted by Crippen LogP contribution is -2.50. The second-order valence-corrected chi connectivity index (χ2v) is 7.25. The standard InChI is InChI=1S/C20H25N7O.ClH/c1-14-4-6-16(7-5-14)27-15(2)17(23-24-27)12-19(28)26-11-8-21-13-18(26)20-22-9-10-25(20)3;/h4-7,9-10,18,21H,8,11-13H2,1-3H3;1H. The lowest BCUT2D eigenvalue weighted by atomic mass is 10.1. The predicted molar refractivity (Wildman–Crippen MR) is 112 cm³/mol. The van der Waals surface area contributed by atoms with Gasteiger partial charge in [-0.05, 0) is 26.0 Å². The zero-order valence-electron chi connectivity index (χ0n) is 16.9. The number of nitrogens with one attached hydrogen (secondary N) is 1. The van der Waals surface area contributed by atoms with Gasteiger partial charge in [0.2, 0.25) is 5.91 Å². The van der Waals surface area contributed by atoms with E-state index in [1.807, 2.05) is 60.8 Å². The van der Waals surface area contributed by atoms with Crippen LogP contribution in [0.1, 0.15) is 28.8 Å². The van der Waals surface area contributed by atoms with Crippen LogP contribution >= 0.6 is 12.4 Å². The van der Waals surface area contributed by atoms with Crippen LogP contribution in [-0.2, 0) is 18.3 Å². The van der Waals surface area contributed by atoms with E-state index in [1.165, 1.54) is 5.56 Å². The smallest absolute Gasteiger partial charge is 0.229 e. The maximum Gasteiger partial charge on any atom is 0.229 e. The summed E-state index contributed by atoms with van der Waals surface area (Å²) >= 11 is 0. The second kappa shape index (κ2) is 8.75. The van der Waals surface area contributed by atoms with E-state index in [4.69, 9.17) is 0 Å². The van der Waals surface area contributed by atoms with E-state index in [1.54, 1.807) is 10.9 Å². The minimum Gasteiger partial charge on any atom is -0.336 e. The van der Waals surface area contributed by atoms with Gasteiger partial charge in [0.15, 0.2) is 0 Å². The highest BCUT2D eigenvalue weighted by molar-refractivity contribution is 5.85. The van der Waals surface area contributed by atoms with Crippen molar-refractivity contribution in [2.75, 3.05) is 19.6 Å². The van der Waals surface area contributed by atoms with Crippen LogP contribution in [0.5, 0.6) is 0 Å². The Morgan fingerprint density at radius 2 is 2.00 bits per heavy atom. The molecule has 154 valence electrons. The summed E-state index contributed by atoms with van der Waals surface area (Å²) in [4.78, 5) is 19.5. The van der Waals surface area contributed by atoms with Gasteiger partial charge in [-0.25, -0.2) is 9.67 Å².